The maximum absolute atomic E-state index is 10.3. The molecule has 0 saturated heterocycles. The van der Waals surface area contributed by atoms with Crippen LogP contribution >= 0.6 is 0 Å². The van der Waals surface area contributed by atoms with Gasteiger partial charge in [0.2, 0.25) is 11.8 Å². The quantitative estimate of drug-likeness (QED) is 0.717. The molecule has 0 spiro atoms. The van der Waals surface area contributed by atoms with Crippen LogP contribution in [-0.2, 0) is 22.4 Å². The van der Waals surface area contributed by atoms with Crippen LogP contribution in [0.15, 0.2) is 4.42 Å². The molecular weight excluding hydrogens is 200 g/mol. The third-order valence-corrected chi connectivity index (χ3v) is 1.81. The molecule has 0 radical (unpaired) electrons. The van der Waals surface area contributed by atoms with Crippen molar-refractivity contribution in [2.75, 3.05) is 13.7 Å². The molecule has 6 nitrogen and oxygen atoms in total. The SMILES string of the molecule is COCCc1nnc(CCCC(=O)O)o1. The first-order chi connectivity index (χ1) is 7.22. The molecule has 1 N–H and O–H groups in total. The molecule has 1 aromatic heterocycles. The summed E-state index contributed by atoms with van der Waals surface area (Å²) in [6.45, 7) is 0.538. The smallest absolute Gasteiger partial charge is 0.303 e. The first kappa shape index (κ1) is 11.6. The van der Waals surface area contributed by atoms with Gasteiger partial charge in [0.15, 0.2) is 0 Å². The summed E-state index contributed by atoms with van der Waals surface area (Å²) in [5, 5.41) is 16.0. The van der Waals surface area contributed by atoms with Crippen LogP contribution in [0.1, 0.15) is 24.6 Å². The Hall–Kier alpha value is -1.43. The second-order valence-corrected chi connectivity index (χ2v) is 3.08. The number of carboxylic acid groups (broad SMARTS) is 1. The Morgan fingerprint density at radius 2 is 2.07 bits per heavy atom. The molecule has 0 aliphatic carbocycles. The van der Waals surface area contributed by atoms with Crippen molar-refractivity contribution in [1.82, 2.24) is 10.2 Å². The number of ether oxygens (including phenoxy) is 1. The first-order valence-corrected chi connectivity index (χ1v) is 4.74. The van der Waals surface area contributed by atoms with Gasteiger partial charge in [0.1, 0.15) is 0 Å². The van der Waals surface area contributed by atoms with E-state index in [0.717, 1.165) is 0 Å². The monoisotopic (exact) mass is 214 g/mol. The normalized spacial score (nSPS) is 10.5. The van der Waals surface area contributed by atoms with E-state index < -0.39 is 5.97 Å². The molecule has 0 fully saturated rings. The highest BCUT2D eigenvalue weighted by Gasteiger charge is 2.06. The van der Waals surface area contributed by atoms with Crippen molar-refractivity contribution in [2.24, 2.45) is 0 Å². The number of aryl methyl sites for hydroxylation is 1. The van der Waals surface area contributed by atoms with Gasteiger partial charge >= 0.3 is 5.97 Å². The minimum Gasteiger partial charge on any atom is -0.481 e. The first-order valence-electron chi connectivity index (χ1n) is 4.74. The highest BCUT2D eigenvalue weighted by molar-refractivity contribution is 5.66. The minimum absolute atomic E-state index is 0.121. The Labute approximate surface area is 87.3 Å². The van der Waals surface area contributed by atoms with E-state index in [9.17, 15) is 4.79 Å². The Bertz CT molecular complexity index is 311. The van der Waals surface area contributed by atoms with Crippen molar-refractivity contribution in [2.45, 2.75) is 25.7 Å². The van der Waals surface area contributed by atoms with Crippen LogP contribution in [0.3, 0.4) is 0 Å². The molecule has 0 atom stereocenters. The summed E-state index contributed by atoms with van der Waals surface area (Å²) in [6.07, 6.45) is 1.73. The average Bonchev–Trinajstić information content (AvgIpc) is 2.62. The van der Waals surface area contributed by atoms with Crippen molar-refractivity contribution < 1.29 is 19.1 Å². The summed E-state index contributed by atoms with van der Waals surface area (Å²) >= 11 is 0. The number of hydrogen-bond acceptors (Lipinski definition) is 5. The third-order valence-electron chi connectivity index (χ3n) is 1.81. The molecule has 0 aliphatic heterocycles. The fraction of sp³-hybridized carbons (Fsp3) is 0.667. The van der Waals surface area contributed by atoms with Crippen molar-refractivity contribution in [1.29, 1.82) is 0 Å². The average molecular weight is 214 g/mol. The molecule has 0 bridgehead atoms. The number of carboxylic acids is 1. The van der Waals surface area contributed by atoms with E-state index >= 15 is 0 Å². The summed E-state index contributed by atoms with van der Waals surface area (Å²) in [5.41, 5.74) is 0. The van der Waals surface area contributed by atoms with Crippen LogP contribution in [0.5, 0.6) is 0 Å². The van der Waals surface area contributed by atoms with Gasteiger partial charge in [-0.25, -0.2) is 0 Å². The lowest BCUT2D eigenvalue weighted by molar-refractivity contribution is -0.137. The van der Waals surface area contributed by atoms with Crippen molar-refractivity contribution in [3.05, 3.63) is 11.8 Å². The molecule has 0 aromatic carbocycles. The van der Waals surface area contributed by atoms with E-state index in [4.69, 9.17) is 14.3 Å². The second-order valence-electron chi connectivity index (χ2n) is 3.08. The molecule has 0 saturated carbocycles. The number of aliphatic carboxylic acids is 1. The molecular formula is C9H14N2O4. The Balaban J connectivity index is 2.29. The van der Waals surface area contributed by atoms with Gasteiger partial charge in [-0.1, -0.05) is 0 Å². The van der Waals surface area contributed by atoms with Gasteiger partial charge in [-0.05, 0) is 6.42 Å². The third kappa shape index (κ3) is 4.55. The summed E-state index contributed by atoms with van der Waals surface area (Å²) in [7, 11) is 1.60. The number of nitrogens with zero attached hydrogens (tertiary/aromatic N) is 2. The molecule has 0 unspecified atom stereocenters. The number of methoxy groups -OCH3 is 1. The predicted molar refractivity (Wildman–Crippen MR) is 50.5 cm³/mol. The highest BCUT2D eigenvalue weighted by atomic mass is 16.5. The zero-order valence-corrected chi connectivity index (χ0v) is 8.60. The highest BCUT2D eigenvalue weighted by Crippen LogP contribution is 2.05. The molecule has 0 aliphatic rings. The lowest BCUT2D eigenvalue weighted by Crippen LogP contribution is -1.95. The molecule has 15 heavy (non-hydrogen) atoms. The Morgan fingerprint density at radius 3 is 2.67 bits per heavy atom. The van der Waals surface area contributed by atoms with Crippen molar-refractivity contribution in [3.8, 4) is 0 Å². The largest absolute Gasteiger partial charge is 0.481 e. The summed E-state index contributed by atoms with van der Waals surface area (Å²) in [6, 6.07) is 0. The van der Waals surface area contributed by atoms with E-state index in [1.54, 1.807) is 7.11 Å². The molecule has 6 heteroatoms. The molecule has 1 aromatic rings. The van der Waals surface area contributed by atoms with Crippen LogP contribution < -0.4 is 0 Å². The lowest BCUT2D eigenvalue weighted by Gasteiger charge is -1.93. The van der Waals surface area contributed by atoms with E-state index in [1.807, 2.05) is 0 Å². The van der Waals surface area contributed by atoms with Crippen molar-refractivity contribution in [3.63, 3.8) is 0 Å². The number of aromatic nitrogens is 2. The van der Waals surface area contributed by atoms with Gasteiger partial charge in [0.25, 0.3) is 0 Å². The summed E-state index contributed by atoms with van der Waals surface area (Å²) < 4.78 is 10.1. The van der Waals surface area contributed by atoms with E-state index in [2.05, 4.69) is 10.2 Å². The van der Waals surface area contributed by atoms with Crippen molar-refractivity contribution >= 4 is 5.97 Å². The van der Waals surface area contributed by atoms with Crippen LogP contribution in [0.25, 0.3) is 0 Å². The van der Waals surface area contributed by atoms with E-state index in [1.165, 1.54) is 0 Å². The zero-order chi connectivity index (χ0) is 11.1. The van der Waals surface area contributed by atoms with Gasteiger partial charge in [-0.3, -0.25) is 4.79 Å². The van der Waals surface area contributed by atoms with E-state index in [0.29, 0.717) is 37.7 Å². The number of carbonyl (C=O) groups is 1. The fourth-order valence-electron chi connectivity index (χ4n) is 1.07. The van der Waals surface area contributed by atoms with Crippen LogP contribution in [0, 0.1) is 0 Å². The molecule has 84 valence electrons. The van der Waals surface area contributed by atoms with Gasteiger partial charge in [0.05, 0.1) is 6.61 Å². The lowest BCUT2D eigenvalue weighted by atomic mass is 10.2. The van der Waals surface area contributed by atoms with Gasteiger partial charge in [0, 0.05) is 26.4 Å². The van der Waals surface area contributed by atoms with Crippen LogP contribution in [-0.4, -0.2) is 35.0 Å². The minimum atomic E-state index is -0.811. The van der Waals surface area contributed by atoms with Gasteiger partial charge < -0.3 is 14.3 Å². The standard InChI is InChI=1S/C9H14N2O4/c1-14-6-5-8-11-10-7(15-8)3-2-4-9(12)13/h2-6H2,1H3,(H,12,13). The van der Waals surface area contributed by atoms with Gasteiger partial charge in [-0.15, -0.1) is 10.2 Å². The Kier molecular flexibility index (Phi) is 4.76. The number of hydrogen-bond donors (Lipinski definition) is 1. The topological polar surface area (TPSA) is 85.5 Å². The predicted octanol–water partition coefficient (Wildman–Crippen LogP) is 0.666. The molecule has 0 amide bonds. The van der Waals surface area contributed by atoms with Crippen LogP contribution in [0.4, 0.5) is 0 Å². The van der Waals surface area contributed by atoms with E-state index in [-0.39, 0.29) is 6.42 Å². The number of rotatable bonds is 7. The maximum atomic E-state index is 10.3. The van der Waals surface area contributed by atoms with Gasteiger partial charge in [-0.2, -0.15) is 0 Å². The summed E-state index contributed by atoms with van der Waals surface area (Å²) in [5.74, 6) is 0.207. The summed E-state index contributed by atoms with van der Waals surface area (Å²) in [4.78, 5) is 10.3. The molecule has 1 rings (SSSR count). The second kappa shape index (κ2) is 6.13. The Morgan fingerprint density at radius 1 is 1.40 bits per heavy atom. The van der Waals surface area contributed by atoms with Crippen LogP contribution in [0.2, 0.25) is 0 Å². The molecule has 1 heterocycles. The maximum Gasteiger partial charge on any atom is 0.303 e. The fourth-order valence-corrected chi connectivity index (χ4v) is 1.07. The zero-order valence-electron chi connectivity index (χ0n) is 8.60.